The van der Waals surface area contributed by atoms with E-state index in [1.807, 2.05) is 37.8 Å². The highest BCUT2D eigenvalue weighted by molar-refractivity contribution is 9.10. The molecule has 0 spiro atoms. The highest BCUT2D eigenvalue weighted by Crippen LogP contribution is 2.31. The average Bonchev–Trinajstić information content (AvgIpc) is 2.80. The van der Waals surface area contributed by atoms with E-state index in [9.17, 15) is 5.11 Å². The van der Waals surface area contributed by atoms with Crippen molar-refractivity contribution in [3.63, 3.8) is 0 Å². The Bertz CT molecular complexity index is 622. The summed E-state index contributed by atoms with van der Waals surface area (Å²) in [4.78, 5) is 2.10. The number of aliphatic hydroxyl groups excluding tert-OH is 1. The lowest BCUT2D eigenvalue weighted by Crippen LogP contribution is -2.21. The molecule has 1 unspecified atom stereocenters. The van der Waals surface area contributed by atoms with E-state index < -0.39 is 6.10 Å². The Labute approximate surface area is 134 Å². The summed E-state index contributed by atoms with van der Waals surface area (Å²) in [6, 6.07) is 6.02. The second-order valence-corrected chi connectivity index (χ2v) is 6.45. The van der Waals surface area contributed by atoms with Gasteiger partial charge in [-0.3, -0.25) is 4.68 Å². The number of aryl methyl sites for hydroxylation is 1. The van der Waals surface area contributed by atoms with Crippen LogP contribution >= 0.6 is 15.9 Å². The maximum atomic E-state index is 10.8. The summed E-state index contributed by atoms with van der Waals surface area (Å²) in [5.74, 6) is 0. The third-order valence-electron chi connectivity index (χ3n) is 3.79. The molecule has 0 radical (unpaired) electrons. The lowest BCUT2D eigenvalue weighted by atomic mass is 9.97. The van der Waals surface area contributed by atoms with E-state index in [0.29, 0.717) is 0 Å². The van der Waals surface area contributed by atoms with Gasteiger partial charge in [-0.25, -0.2) is 0 Å². The molecule has 0 amide bonds. The molecule has 0 saturated carbocycles. The van der Waals surface area contributed by atoms with Gasteiger partial charge in [-0.05, 0) is 60.6 Å². The van der Waals surface area contributed by atoms with Crippen molar-refractivity contribution in [3.05, 3.63) is 51.3 Å². The molecule has 0 fully saturated rings. The molecule has 2 aromatic rings. The Morgan fingerprint density at radius 2 is 2.05 bits per heavy atom. The summed E-state index contributed by atoms with van der Waals surface area (Å²) in [7, 11) is 4.05. The second-order valence-electron chi connectivity index (χ2n) is 5.60. The zero-order valence-corrected chi connectivity index (χ0v) is 14.6. The molecule has 21 heavy (non-hydrogen) atoms. The fourth-order valence-electron chi connectivity index (χ4n) is 2.33. The van der Waals surface area contributed by atoms with E-state index in [4.69, 9.17) is 0 Å². The molecule has 2 rings (SSSR count). The zero-order chi connectivity index (χ0) is 15.6. The predicted molar refractivity (Wildman–Crippen MR) is 88.5 cm³/mol. The number of hydrogen-bond donors (Lipinski definition) is 1. The summed E-state index contributed by atoms with van der Waals surface area (Å²) in [5.41, 5.74) is 4.05. The molecule has 4 nitrogen and oxygen atoms in total. The smallest absolute Gasteiger partial charge is 0.122 e. The largest absolute Gasteiger partial charge is 0.382 e. The van der Waals surface area contributed by atoms with Crippen molar-refractivity contribution in [1.29, 1.82) is 0 Å². The van der Waals surface area contributed by atoms with Gasteiger partial charge in [0.15, 0.2) is 0 Å². The fraction of sp³-hybridized carbons (Fsp3) is 0.438. The van der Waals surface area contributed by atoms with Crippen LogP contribution in [-0.4, -0.2) is 40.4 Å². The van der Waals surface area contributed by atoms with Crippen molar-refractivity contribution in [2.45, 2.75) is 26.5 Å². The Morgan fingerprint density at radius 1 is 1.33 bits per heavy atom. The molecule has 1 atom stereocenters. The van der Waals surface area contributed by atoms with Crippen LogP contribution in [0.5, 0.6) is 0 Å². The number of likely N-dealkylation sites (N-methyl/N-ethyl adjacent to an activating group) is 1. The fourth-order valence-corrected chi connectivity index (χ4v) is 2.85. The molecule has 5 heteroatoms. The number of nitrogens with zero attached hydrogens (tertiary/aromatic N) is 3. The van der Waals surface area contributed by atoms with Crippen molar-refractivity contribution >= 4 is 15.9 Å². The van der Waals surface area contributed by atoms with Crippen LogP contribution in [-0.2, 0) is 6.54 Å². The molecule has 0 saturated heterocycles. The minimum atomic E-state index is -0.677. The third kappa shape index (κ3) is 3.54. The van der Waals surface area contributed by atoms with Gasteiger partial charge in [0.2, 0.25) is 0 Å². The van der Waals surface area contributed by atoms with Crippen LogP contribution in [0.3, 0.4) is 0 Å². The van der Waals surface area contributed by atoms with Crippen LogP contribution < -0.4 is 0 Å². The molecular formula is C16H22BrN3O. The number of hydrogen-bond acceptors (Lipinski definition) is 3. The van der Waals surface area contributed by atoms with Gasteiger partial charge in [-0.2, -0.15) is 5.10 Å². The first-order chi connectivity index (χ1) is 9.91. The van der Waals surface area contributed by atoms with Crippen LogP contribution in [0.25, 0.3) is 0 Å². The highest BCUT2D eigenvalue weighted by atomic mass is 79.9. The zero-order valence-electron chi connectivity index (χ0n) is 13.0. The summed E-state index contributed by atoms with van der Waals surface area (Å²) in [6.45, 7) is 5.72. The molecule has 0 aliphatic rings. The maximum Gasteiger partial charge on any atom is 0.122 e. The van der Waals surface area contributed by atoms with Crippen molar-refractivity contribution in [2.75, 3.05) is 20.6 Å². The number of aromatic nitrogens is 2. The van der Waals surface area contributed by atoms with Crippen LogP contribution in [0, 0.1) is 13.8 Å². The van der Waals surface area contributed by atoms with E-state index in [1.165, 1.54) is 5.56 Å². The maximum absolute atomic E-state index is 10.8. The molecule has 0 bridgehead atoms. The van der Waals surface area contributed by atoms with Gasteiger partial charge in [0.1, 0.15) is 6.10 Å². The first-order valence-corrected chi connectivity index (χ1v) is 7.81. The number of aliphatic hydroxyl groups is 1. The van der Waals surface area contributed by atoms with Gasteiger partial charge in [0.05, 0.1) is 22.9 Å². The Morgan fingerprint density at radius 3 is 2.71 bits per heavy atom. The van der Waals surface area contributed by atoms with Crippen LogP contribution in [0.2, 0.25) is 0 Å². The van der Waals surface area contributed by atoms with E-state index in [0.717, 1.165) is 34.4 Å². The van der Waals surface area contributed by atoms with Crippen molar-refractivity contribution < 1.29 is 5.11 Å². The first kappa shape index (κ1) is 16.2. The monoisotopic (exact) mass is 351 g/mol. The predicted octanol–water partition coefficient (Wildman–Crippen LogP) is 2.91. The Balaban J connectivity index is 2.36. The van der Waals surface area contributed by atoms with E-state index in [-0.39, 0.29) is 0 Å². The highest BCUT2D eigenvalue weighted by Gasteiger charge is 2.21. The van der Waals surface area contributed by atoms with E-state index in [1.54, 1.807) is 6.20 Å². The standard InChI is InChI=1S/C16H22BrN3O/c1-11-6-5-7-13(12(11)2)16(21)15-14(17)10-18-20(15)9-8-19(3)4/h5-7,10,16,21H,8-9H2,1-4H3. The van der Waals surface area contributed by atoms with Gasteiger partial charge in [-0.15, -0.1) is 0 Å². The quantitative estimate of drug-likeness (QED) is 0.900. The summed E-state index contributed by atoms with van der Waals surface area (Å²) >= 11 is 3.51. The molecule has 1 N–H and O–H groups in total. The normalized spacial score (nSPS) is 12.9. The summed E-state index contributed by atoms with van der Waals surface area (Å²) in [6.07, 6.45) is 1.07. The number of rotatable bonds is 5. The lowest BCUT2D eigenvalue weighted by molar-refractivity contribution is 0.204. The Hall–Kier alpha value is -1.17. The van der Waals surface area contributed by atoms with Crippen LogP contribution in [0.1, 0.15) is 28.5 Å². The van der Waals surface area contributed by atoms with Gasteiger partial charge in [-0.1, -0.05) is 18.2 Å². The molecular weight excluding hydrogens is 330 g/mol. The second kappa shape index (κ2) is 6.73. The number of halogens is 1. The minimum Gasteiger partial charge on any atom is -0.382 e. The van der Waals surface area contributed by atoms with Crippen molar-refractivity contribution in [1.82, 2.24) is 14.7 Å². The van der Waals surface area contributed by atoms with E-state index >= 15 is 0 Å². The third-order valence-corrected chi connectivity index (χ3v) is 4.40. The van der Waals surface area contributed by atoms with Gasteiger partial charge in [0.25, 0.3) is 0 Å². The first-order valence-electron chi connectivity index (χ1n) is 7.02. The summed E-state index contributed by atoms with van der Waals surface area (Å²) in [5, 5.41) is 15.2. The minimum absolute atomic E-state index is 0.677. The molecule has 0 aliphatic heterocycles. The Kier molecular flexibility index (Phi) is 5.19. The van der Waals surface area contributed by atoms with Gasteiger partial charge in [0, 0.05) is 6.54 Å². The van der Waals surface area contributed by atoms with E-state index in [2.05, 4.69) is 38.9 Å². The van der Waals surface area contributed by atoms with Gasteiger partial charge < -0.3 is 10.0 Å². The topological polar surface area (TPSA) is 41.3 Å². The average molecular weight is 352 g/mol. The molecule has 0 aliphatic carbocycles. The summed E-state index contributed by atoms with van der Waals surface area (Å²) < 4.78 is 2.71. The number of benzene rings is 1. The molecule has 1 heterocycles. The van der Waals surface area contributed by atoms with Crippen molar-refractivity contribution in [3.8, 4) is 0 Å². The molecule has 1 aromatic heterocycles. The molecule has 1 aromatic carbocycles. The van der Waals surface area contributed by atoms with Crippen LogP contribution in [0.4, 0.5) is 0 Å². The SMILES string of the molecule is Cc1cccc(C(O)c2c(Br)cnn2CCN(C)C)c1C. The van der Waals surface area contributed by atoms with Crippen LogP contribution in [0.15, 0.2) is 28.9 Å². The lowest BCUT2D eigenvalue weighted by Gasteiger charge is -2.18. The van der Waals surface area contributed by atoms with Gasteiger partial charge >= 0.3 is 0 Å². The molecule has 114 valence electrons. The van der Waals surface area contributed by atoms with Crippen molar-refractivity contribution in [2.24, 2.45) is 0 Å².